The number of amides is 1. The first-order chi connectivity index (χ1) is 17.6. The van der Waals surface area contributed by atoms with Crippen LogP contribution in [0.4, 0.5) is 5.69 Å². The molecule has 1 N–H and O–H groups in total. The van der Waals surface area contributed by atoms with E-state index in [-0.39, 0.29) is 18.3 Å². The Bertz CT molecular complexity index is 1360. The second-order valence-electron chi connectivity index (χ2n) is 7.70. The number of thioether (sulfide) groups is 1. The van der Waals surface area contributed by atoms with Crippen molar-refractivity contribution in [1.29, 1.82) is 0 Å². The van der Waals surface area contributed by atoms with Crippen molar-refractivity contribution < 1.29 is 19.1 Å². The van der Waals surface area contributed by atoms with Gasteiger partial charge in [0.2, 0.25) is 5.91 Å². The maximum absolute atomic E-state index is 12.5. The molecule has 8 nitrogen and oxygen atoms in total. The van der Waals surface area contributed by atoms with Crippen LogP contribution >= 0.6 is 11.8 Å². The Hall–Kier alpha value is -4.11. The Morgan fingerprint density at radius 3 is 2.61 bits per heavy atom. The molecule has 9 heteroatoms. The summed E-state index contributed by atoms with van der Waals surface area (Å²) in [5, 5.41) is 14.1. The molecule has 1 amide bonds. The van der Waals surface area contributed by atoms with Crippen molar-refractivity contribution in [2.45, 2.75) is 25.2 Å². The van der Waals surface area contributed by atoms with E-state index in [2.05, 4.69) is 22.1 Å². The second-order valence-corrected chi connectivity index (χ2v) is 8.64. The highest BCUT2D eigenvalue weighted by atomic mass is 32.2. The zero-order chi connectivity index (χ0) is 25.3. The fourth-order valence-corrected chi connectivity index (χ4v) is 4.31. The number of fused-ring (bicyclic) bond motifs is 1. The molecule has 0 saturated carbocycles. The molecule has 0 fully saturated rings. The van der Waals surface area contributed by atoms with Gasteiger partial charge < -0.3 is 14.8 Å². The molecule has 4 aromatic rings. The van der Waals surface area contributed by atoms with Gasteiger partial charge in [-0.1, -0.05) is 54.2 Å². The molecule has 1 heterocycles. The maximum Gasteiger partial charge on any atom is 0.338 e. The highest BCUT2D eigenvalue weighted by molar-refractivity contribution is 7.99. The van der Waals surface area contributed by atoms with Crippen molar-refractivity contribution in [2.24, 2.45) is 0 Å². The summed E-state index contributed by atoms with van der Waals surface area (Å²) in [6, 6.07) is 20.5. The van der Waals surface area contributed by atoms with Gasteiger partial charge in [0.05, 0.1) is 17.9 Å². The van der Waals surface area contributed by atoms with Crippen molar-refractivity contribution in [3.8, 4) is 5.75 Å². The van der Waals surface area contributed by atoms with Gasteiger partial charge in [-0.3, -0.25) is 9.36 Å². The molecule has 0 radical (unpaired) electrons. The van der Waals surface area contributed by atoms with Crippen molar-refractivity contribution in [3.63, 3.8) is 0 Å². The number of carbonyl (C=O) groups excluding carboxylic acids is 2. The Morgan fingerprint density at radius 2 is 1.83 bits per heavy atom. The normalized spacial score (nSPS) is 10.7. The molecule has 184 valence electrons. The summed E-state index contributed by atoms with van der Waals surface area (Å²) in [5.74, 6) is 0.946. The Morgan fingerprint density at radius 1 is 1.06 bits per heavy atom. The highest BCUT2D eigenvalue weighted by Crippen LogP contribution is 2.26. The van der Waals surface area contributed by atoms with Crippen LogP contribution in [0.15, 0.2) is 84.5 Å². The summed E-state index contributed by atoms with van der Waals surface area (Å²) < 4.78 is 12.9. The van der Waals surface area contributed by atoms with Gasteiger partial charge in [0.25, 0.3) is 0 Å². The molecule has 0 unspecified atom stereocenters. The minimum atomic E-state index is -0.396. The molecule has 0 atom stereocenters. The molecule has 3 aromatic carbocycles. The fourth-order valence-electron chi connectivity index (χ4n) is 3.54. The number of nitrogens with zero attached hydrogens (tertiary/aromatic N) is 3. The number of carbonyl (C=O) groups is 2. The van der Waals surface area contributed by atoms with Gasteiger partial charge in [0.15, 0.2) is 11.0 Å². The lowest BCUT2D eigenvalue weighted by Gasteiger charge is -2.11. The van der Waals surface area contributed by atoms with E-state index in [9.17, 15) is 9.59 Å². The third-order valence-electron chi connectivity index (χ3n) is 5.22. The number of esters is 1. The lowest BCUT2D eigenvalue weighted by atomic mass is 10.1. The average molecular weight is 503 g/mol. The van der Waals surface area contributed by atoms with E-state index >= 15 is 0 Å². The Kier molecular flexibility index (Phi) is 8.36. The summed E-state index contributed by atoms with van der Waals surface area (Å²) in [5.41, 5.74) is 1.02. The van der Waals surface area contributed by atoms with Crippen LogP contribution in [0.1, 0.15) is 23.1 Å². The zero-order valence-electron chi connectivity index (χ0n) is 19.8. The van der Waals surface area contributed by atoms with Gasteiger partial charge in [-0.25, -0.2) is 4.79 Å². The first-order valence-electron chi connectivity index (χ1n) is 11.4. The second kappa shape index (κ2) is 12.0. The number of hydrogen-bond acceptors (Lipinski definition) is 7. The topological polar surface area (TPSA) is 95.3 Å². The number of anilines is 1. The summed E-state index contributed by atoms with van der Waals surface area (Å²) in [6.45, 7) is 6.60. The Labute approximate surface area is 213 Å². The van der Waals surface area contributed by atoms with Crippen molar-refractivity contribution in [2.75, 3.05) is 17.7 Å². The molecule has 0 aliphatic rings. The first kappa shape index (κ1) is 25.0. The predicted octanol–water partition coefficient (Wildman–Crippen LogP) is 5.10. The van der Waals surface area contributed by atoms with E-state index in [1.165, 1.54) is 11.8 Å². The van der Waals surface area contributed by atoms with Gasteiger partial charge in [0, 0.05) is 17.6 Å². The van der Waals surface area contributed by atoms with Gasteiger partial charge in [-0.2, -0.15) is 0 Å². The number of rotatable bonds is 11. The van der Waals surface area contributed by atoms with Crippen LogP contribution in [0, 0.1) is 0 Å². The monoisotopic (exact) mass is 502 g/mol. The summed E-state index contributed by atoms with van der Waals surface area (Å²) in [4.78, 5) is 24.3. The third-order valence-corrected chi connectivity index (χ3v) is 6.19. The average Bonchev–Trinajstić information content (AvgIpc) is 3.28. The van der Waals surface area contributed by atoms with E-state index in [4.69, 9.17) is 9.47 Å². The number of allylic oxidation sites excluding steroid dienone is 1. The van der Waals surface area contributed by atoms with E-state index in [1.807, 2.05) is 47.0 Å². The molecule has 4 rings (SSSR count). The van der Waals surface area contributed by atoms with Crippen molar-refractivity contribution in [3.05, 3.63) is 90.8 Å². The highest BCUT2D eigenvalue weighted by Gasteiger charge is 2.15. The van der Waals surface area contributed by atoms with Crippen molar-refractivity contribution in [1.82, 2.24) is 14.8 Å². The molecule has 0 bridgehead atoms. The summed E-state index contributed by atoms with van der Waals surface area (Å²) in [6.07, 6.45) is 1.75. The molecule has 36 heavy (non-hydrogen) atoms. The third kappa shape index (κ3) is 6.11. The van der Waals surface area contributed by atoms with Gasteiger partial charge in [-0.15, -0.1) is 16.8 Å². The lowest BCUT2D eigenvalue weighted by molar-refractivity contribution is -0.113. The minimum absolute atomic E-state index is 0.138. The SMILES string of the molecule is C=CCn1c(COc2cccc3ccccc23)nnc1SCC(=O)Nc1ccc(C(=O)OCC)cc1. The molecule has 1 aromatic heterocycles. The maximum atomic E-state index is 12.5. The van der Waals surface area contributed by atoms with Crippen LogP contribution < -0.4 is 10.1 Å². The number of ether oxygens (including phenoxy) is 2. The van der Waals surface area contributed by atoms with E-state index in [1.54, 1.807) is 37.3 Å². The van der Waals surface area contributed by atoms with Gasteiger partial charge in [0.1, 0.15) is 12.4 Å². The molecular formula is C27H26N4O4S. The minimum Gasteiger partial charge on any atom is -0.485 e. The molecule has 0 spiro atoms. The number of benzene rings is 3. The molecule has 0 saturated heterocycles. The lowest BCUT2D eigenvalue weighted by Crippen LogP contribution is -2.15. The van der Waals surface area contributed by atoms with Crippen molar-refractivity contribution >= 4 is 40.1 Å². The zero-order valence-corrected chi connectivity index (χ0v) is 20.7. The molecule has 0 aliphatic carbocycles. The molecular weight excluding hydrogens is 476 g/mol. The Balaban J connectivity index is 1.37. The quantitative estimate of drug-likeness (QED) is 0.173. The van der Waals surface area contributed by atoms with E-state index < -0.39 is 5.97 Å². The predicted molar refractivity (Wildman–Crippen MR) is 140 cm³/mol. The number of aromatic nitrogens is 3. The van der Waals surface area contributed by atoms with Crippen LogP contribution in [0.5, 0.6) is 5.75 Å². The van der Waals surface area contributed by atoms with E-state index in [0.29, 0.717) is 35.4 Å². The fraction of sp³-hybridized carbons (Fsp3) is 0.185. The van der Waals surface area contributed by atoms with Crippen LogP contribution in [-0.4, -0.2) is 39.0 Å². The van der Waals surface area contributed by atoms with Crippen LogP contribution in [-0.2, 0) is 22.7 Å². The van der Waals surface area contributed by atoms with Crippen LogP contribution in [0.2, 0.25) is 0 Å². The van der Waals surface area contributed by atoms with Crippen LogP contribution in [0.3, 0.4) is 0 Å². The smallest absolute Gasteiger partial charge is 0.338 e. The van der Waals surface area contributed by atoms with Crippen LogP contribution in [0.25, 0.3) is 10.8 Å². The largest absolute Gasteiger partial charge is 0.485 e. The standard InChI is InChI=1S/C27H26N4O4S/c1-3-16-31-24(17-35-23-11-7-9-19-8-5-6-10-22(19)23)29-30-27(31)36-18-25(32)28-21-14-12-20(13-15-21)26(33)34-4-2/h3,5-15H,1,4,16-18H2,2H3,(H,28,32). The van der Waals surface area contributed by atoms with E-state index in [0.717, 1.165) is 16.5 Å². The number of hydrogen-bond donors (Lipinski definition) is 1. The summed E-state index contributed by atoms with van der Waals surface area (Å²) in [7, 11) is 0. The number of nitrogens with one attached hydrogen (secondary N) is 1. The first-order valence-corrected chi connectivity index (χ1v) is 12.4. The van der Waals surface area contributed by atoms with Gasteiger partial charge >= 0.3 is 5.97 Å². The molecule has 0 aliphatic heterocycles. The van der Waals surface area contributed by atoms with Gasteiger partial charge in [-0.05, 0) is 42.6 Å². The summed E-state index contributed by atoms with van der Waals surface area (Å²) >= 11 is 1.27.